The van der Waals surface area contributed by atoms with Crippen LogP contribution in [0.15, 0.2) is 28.8 Å². The molecule has 3 N–H and O–H groups in total. The van der Waals surface area contributed by atoms with Gasteiger partial charge < -0.3 is 19.9 Å². The Morgan fingerprint density at radius 1 is 1.37 bits per heavy atom. The Labute approximate surface area is 111 Å². The number of nitrogens with zero attached hydrogens (tertiary/aromatic N) is 1. The summed E-state index contributed by atoms with van der Waals surface area (Å²) < 4.78 is 5.49. The number of aromatic nitrogens is 1. The molecule has 0 saturated heterocycles. The molecule has 1 aromatic carbocycles. The molecule has 0 amide bonds. The van der Waals surface area contributed by atoms with Crippen LogP contribution in [0.2, 0.25) is 0 Å². The van der Waals surface area contributed by atoms with Gasteiger partial charge >= 0.3 is 0 Å². The molecule has 0 aliphatic heterocycles. The van der Waals surface area contributed by atoms with Crippen molar-refractivity contribution in [2.45, 2.75) is 32.9 Å². The molecular weight excluding hydrogens is 244 g/mol. The van der Waals surface area contributed by atoms with Crippen LogP contribution in [0, 0.1) is 0 Å². The topological polar surface area (TPSA) is 78.5 Å². The average Bonchev–Trinajstić information content (AvgIpc) is 2.84. The highest BCUT2D eigenvalue weighted by molar-refractivity contribution is 5.40. The zero-order chi connectivity index (χ0) is 13.8. The Morgan fingerprint density at radius 2 is 2.16 bits per heavy atom. The Morgan fingerprint density at radius 3 is 2.79 bits per heavy atom. The molecule has 0 aliphatic rings. The highest BCUT2D eigenvalue weighted by Crippen LogP contribution is 2.27. The molecule has 0 saturated carbocycles. The molecule has 0 spiro atoms. The van der Waals surface area contributed by atoms with E-state index in [-0.39, 0.29) is 17.5 Å². The molecule has 0 aliphatic carbocycles. The SMILES string of the molecule is CCc1cnc(CNC(C)c2ccc(O)cc2O)o1. The fourth-order valence-electron chi connectivity index (χ4n) is 1.84. The van der Waals surface area contributed by atoms with E-state index in [4.69, 9.17) is 4.42 Å². The van der Waals surface area contributed by atoms with E-state index in [0.29, 0.717) is 12.4 Å². The predicted molar refractivity (Wildman–Crippen MR) is 70.9 cm³/mol. The summed E-state index contributed by atoms with van der Waals surface area (Å²) in [6.45, 7) is 4.42. The van der Waals surface area contributed by atoms with E-state index in [1.165, 1.54) is 6.07 Å². The van der Waals surface area contributed by atoms with E-state index >= 15 is 0 Å². The molecule has 0 fully saturated rings. The fourth-order valence-corrected chi connectivity index (χ4v) is 1.84. The van der Waals surface area contributed by atoms with Crippen molar-refractivity contribution in [1.82, 2.24) is 10.3 Å². The number of benzene rings is 1. The minimum absolute atomic E-state index is 0.0498. The smallest absolute Gasteiger partial charge is 0.208 e. The monoisotopic (exact) mass is 262 g/mol. The summed E-state index contributed by atoms with van der Waals surface area (Å²) in [7, 11) is 0. The molecule has 1 heterocycles. The van der Waals surface area contributed by atoms with E-state index in [9.17, 15) is 10.2 Å². The van der Waals surface area contributed by atoms with E-state index in [1.54, 1.807) is 18.3 Å². The number of nitrogens with one attached hydrogen (secondary N) is 1. The third-order valence-electron chi connectivity index (χ3n) is 2.99. The number of hydrogen-bond acceptors (Lipinski definition) is 5. The summed E-state index contributed by atoms with van der Waals surface area (Å²) in [6, 6.07) is 4.49. The largest absolute Gasteiger partial charge is 0.508 e. The Balaban J connectivity index is 1.98. The summed E-state index contributed by atoms with van der Waals surface area (Å²) in [4.78, 5) is 4.16. The second kappa shape index (κ2) is 5.75. The normalized spacial score (nSPS) is 12.5. The van der Waals surface area contributed by atoms with Crippen LogP contribution >= 0.6 is 0 Å². The third-order valence-corrected chi connectivity index (χ3v) is 2.99. The van der Waals surface area contributed by atoms with E-state index in [0.717, 1.165) is 17.7 Å². The maximum atomic E-state index is 9.76. The van der Waals surface area contributed by atoms with Crippen LogP contribution in [0.1, 0.15) is 37.1 Å². The lowest BCUT2D eigenvalue weighted by Gasteiger charge is -2.14. The van der Waals surface area contributed by atoms with Crippen molar-refractivity contribution in [3.63, 3.8) is 0 Å². The highest BCUT2D eigenvalue weighted by atomic mass is 16.4. The minimum Gasteiger partial charge on any atom is -0.508 e. The molecule has 5 nitrogen and oxygen atoms in total. The lowest BCUT2D eigenvalue weighted by molar-refractivity contribution is 0.411. The van der Waals surface area contributed by atoms with Gasteiger partial charge in [0.05, 0.1) is 12.7 Å². The first-order chi connectivity index (χ1) is 9.10. The Bertz CT molecular complexity index is 551. The van der Waals surface area contributed by atoms with E-state index in [1.807, 2.05) is 13.8 Å². The molecule has 0 radical (unpaired) electrons. The van der Waals surface area contributed by atoms with Crippen molar-refractivity contribution in [3.8, 4) is 11.5 Å². The molecule has 1 unspecified atom stereocenters. The maximum Gasteiger partial charge on any atom is 0.208 e. The van der Waals surface area contributed by atoms with Gasteiger partial charge in [0.15, 0.2) is 0 Å². The van der Waals surface area contributed by atoms with Crippen LogP contribution in [0.25, 0.3) is 0 Å². The molecule has 1 aromatic heterocycles. The number of rotatable bonds is 5. The fraction of sp³-hybridized carbons (Fsp3) is 0.357. The maximum absolute atomic E-state index is 9.76. The summed E-state index contributed by atoms with van der Waals surface area (Å²) in [5.74, 6) is 1.61. The molecule has 0 bridgehead atoms. The molecule has 102 valence electrons. The lowest BCUT2D eigenvalue weighted by atomic mass is 10.1. The molecule has 1 atom stereocenters. The van der Waals surface area contributed by atoms with Gasteiger partial charge in [-0.05, 0) is 13.0 Å². The minimum atomic E-state index is -0.0717. The van der Waals surface area contributed by atoms with Gasteiger partial charge in [-0.15, -0.1) is 0 Å². The van der Waals surface area contributed by atoms with Crippen molar-refractivity contribution in [3.05, 3.63) is 41.6 Å². The van der Waals surface area contributed by atoms with Gasteiger partial charge in [0.2, 0.25) is 5.89 Å². The van der Waals surface area contributed by atoms with Crippen LogP contribution in [-0.2, 0) is 13.0 Å². The zero-order valence-electron chi connectivity index (χ0n) is 11.1. The Hall–Kier alpha value is -2.01. The summed E-state index contributed by atoms with van der Waals surface area (Å²) in [5.41, 5.74) is 0.722. The highest BCUT2D eigenvalue weighted by Gasteiger charge is 2.11. The second-order valence-corrected chi connectivity index (χ2v) is 4.42. The number of aromatic hydroxyl groups is 2. The van der Waals surface area contributed by atoms with Crippen molar-refractivity contribution in [2.24, 2.45) is 0 Å². The van der Waals surface area contributed by atoms with Crippen LogP contribution in [0.4, 0.5) is 0 Å². The van der Waals surface area contributed by atoms with Gasteiger partial charge in [-0.2, -0.15) is 0 Å². The van der Waals surface area contributed by atoms with Crippen LogP contribution in [-0.4, -0.2) is 15.2 Å². The molecular formula is C14H18N2O3. The number of hydrogen-bond donors (Lipinski definition) is 3. The van der Waals surface area contributed by atoms with Gasteiger partial charge in [0.1, 0.15) is 17.3 Å². The van der Waals surface area contributed by atoms with Crippen molar-refractivity contribution in [2.75, 3.05) is 0 Å². The van der Waals surface area contributed by atoms with E-state index < -0.39 is 0 Å². The average molecular weight is 262 g/mol. The summed E-state index contributed by atoms with van der Waals surface area (Å²) in [5, 5.41) is 22.2. The number of phenols is 2. The summed E-state index contributed by atoms with van der Waals surface area (Å²) >= 11 is 0. The van der Waals surface area contributed by atoms with E-state index in [2.05, 4.69) is 10.3 Å². The Kier molecular flexibility index (Phi) is 4.06. The van der Waals surface area contributed by atoms with Crippen LogP contribution in [0.3, 0.4) is 0 Å². The summed E-state index contributed by atoms with van der Waals surface area (Å²) in [6.07, 6.45) is 2.54. The third kappa shape index (κ3) is 3.26. The van der Waals surface area contributed by atoms with Crippen molar-refractivity contribution >= 4 is 0 Å². The molecule has 2 aromatic rings. The first-order valence-corrected chi connectivity index (χ1v) is 6.29. The van der Waals surface area contributed by atoms with Gasteiger partial charge in [-0.3, -0.25) is 0 Å². The van der Waals surface area contributed by atoms with Crippen molar-refractivity contribution < 1.29 is 14.6 Å². The predicted octanol–water partition coefficient (Wildman–Crippen LogP) is 2.50. The molecule has 19 heavy (non-hydrogen) atoms. The number of aryl methyl sites for hydroxylation is 1. The first kappa shape index (κ1) is 13.4. The number of phenolic OH excluding ortho intramolecular Hbond substituents is 2. The first-order valence-electron chi connectivity index (χ1n) is 6.29. The quantitative estimate of drug-likeness (QED) is 0.771. The zero-order valence-corrected chi connectivity index (χ0v) is 11.1. The van der Waals surface area contributed by atoms with Gasteiger partial charge in [-0.25, -0.2) is 4.98 Å². The standard InChI is InChI=1S/C14H18N2O3/c1-3-11-7-16-14(19-11)8-15-9(2)12-5-4-10(17)6-13(12)18/h4-7,9,15,17-18H,3,8H2,1-2H3. The van der Waals surface area contributed by atoms with Crippen LogP contribution in [0.5, 0.6) is 11.5 Å². The molecule has 2 rings (SSSR count). The van der Waals surface area contributed by atoms with Crippen molar-refractivity contribution in [1.29, 1.82) is 0 Å². The lowest BCUT2D eigenvalue weighted by Crippen LogP contribution is -2.18. The van der Waals surface area contributed by atoms with Gasteiger partial charge in [0.25, 0.3) is 0 Å². The molecule has 5 heteroatoms. The van der Waals surface area contributed by atoms with Gasteiger partial charge in [0, 0.05) is 24.1 Å². The van der Waals surface area contributed by atoms with Gasteiger partial charge in [-0.1, -0.05) is 13.0 Å². The number of oxazole rings is 1. The second-order valence-electron chi connectivity index (χ2n) is 4.42. The van der Waals surface area contributed by atoms with Crippen LogP contribution < -0.4 is 5.32 Å².